The average Bonchev–Trinajstić information content (AvgIpc) is 0.799. The molecule has 15 amide bonds. The summed E-state index contributed by atoms with van der Waals surface area (Å²) in [5.74, 6) is -16.8. The number of anilines is 1. The minimum absolute atomic E-state index is 0.00106. The highest BCUT2D eigenvalue weighted by atomic mass is 32.2. The minimum Gasteiger partial charge on any atom is -0.508 e. The summed E-state index contributed by atoms with van der Waals surface area (Å²) in [6.07, 6.45) is 3.95. The molecule has 0 radical (unpaired) electrons. The fraction of sp³-hybridized carbons (Fsp3) is 0.438. The van der Waals surface area contributed by atoms with E-state index in [-0.39, 0.29) is 92.6 Å². The van der Waals surface area contributed by atoms with Crippen LogP contribution in [0.25, 0.3) is 10.9 Å². The molecule has 1 saturated heterocycles. The summed E-state index contributed by atoms with van der Waals surface area (Å²) in [5.41, 5.74) is 9.15. The summed E-state index contributed by atoms with van der Waals surface area (Å²) >= 11 is 0.832. The second kappa shape index (κ2) is 48.3. The van der Waals surface area contributed by atoms with Gasteiger partial charge in [0, 0.05) is 95.6 Å². The summed E-state index contributed by atoms with van der Waals surface area (Å²) < 4.78 is 0. The fourth-order valence-corrected chi connectivity index (χ4v) is 17.7. The average molecular weight is 1830 g/mol. The third kappa shape index (κ3) is 28.7. The van der Waals surface area contributed by atoms with Crippen LogP contribution in [0.15, 0.2) is 164 Å². The molecule has 36 heteroatoms. The van der Waals surface area contributed by atoms with Crippen molar-refractivity contribution >= 4 is 123 Å². The molecule has 1 saturated carbocycles. The largest absolute Gasteiger partial charge is 0.508 e. The Labute approximate surface area is 770 Å². The van der Waals surface area contributed by atoms with Crippen molar-refractivity contribution in [3.63, 3.8) is 0 Å². The number of nitrogens with two attached hydrogens (primary N) is 1. The highest BCUT2D eigenvalue weighted by Crippen LogP contribution is 2.33. The van der Waals surface area contributed by atoms with Crippen LogP contribution in [0.5, 0.6) is 11.5 Å². The van der Waals surface area contributed by atoms with E-state index >= 15 is 47.9 Å². The molecule has 3 aliphatic rings. The van der Waals surface area contributed by atoms with Crippen molar-refractivity contribution in [2.45, 2.75) is 196 Å². The number of primary amides is 1. The number of para-hydroxylation sites is 1. The number of nitrogens with zero attached hydrogens (tertiary/aromatic N) is 5. The number of likely N-dealkylation sites (N-methyl/N-ethyl adjacent to an activating group) is 4. The van der Waals surface area contributed by atoms with E-state index in [4.69, 9.17) is 5.73 Å². The molecule has 3 heterocycles. The molecule has 1 aromatic heterocycles. The van der Waals surface area contributed by atoms with Gasteiger partial charge in [-0.05, 0) is 88.7 Å². The predicted octanol–water partition coefficient (Wildman–Crippen LogP) is 3.53. The van der Waals surface area contributed by atoms with Gasteiger partial charge in [0.25, 0.3) is 0 Å². The first-order valence-electron chi connectivity index (χ1n) is 44.5. The number of carbonyl (C=O) groups excluding carboxylic acids is 15. The van der Waals surface area contributed by atoms with Crippen molar-refractivity contribution < 1.29 is 92.0 Å². The van der Waals surface area contributed by atoms with Gasteiger partial charge in [0.1, 0.15) is 84.5 Å². The fourth-order valence-electron chi connectivity index (χ4n) is 16.8. The maximum absolute atomic E-state index is 15.6. The van der Waals surface area contributed by atoms with E-state index in [0.717, 1.165) is 45.7 Å². The highest BCUT2D eigenvalue weighted by Gasteiger charge is 2.44. The molecule has 132 heavy (non-hydrogen) atoms. The minimum atomic E-state index is -1.88. The van der Waals surface area contributed by atoms with Crippen molar-refractivity contribution in [1.82, 2.24) is 72.4 Å². The van der Waals surface area contributed by atoms with Crippen LogP contribution >= 0.6 is 11.8 Å². The summed E-state index contributed by atoms with van der Waals surface area (Å²) in [6, 6.07) is 26.0. The van der Waals surface area contributed by atoms with Crippen LogP contribution in [0.3, 0.4) is 0 Å². The van der Waals surface area contributed by atoms with Crippen molar-refractivity contribution in [2.75, 3.05) is 64.2 Å². The Balaban J connectivity index is 1.04. The standard InChI is InChI=1S/C96H120N16O19S/c1-8-9-34-77-95(130)108(4)53-82(116)101-72(50-85(119)120)90(125)105-74(44-59-26-16-11-17-27-59)93(128)110(6)79(45-60-28-18-12-19-29-60)91(126)106-75-47-63-37-40-66(114)49-78(63)112(94(75)129)54-83(117)100-71(48-64-51-98-68-33-23-22-32-67(64)68)89(124)104-70(42-62-35-38-65(113)39-36-62)88(123)103-69(41-57(2)3)87(122)107-76(86(121)99-52-81(97)115)55-132-56-84(118)102-73(43-58-24-14-10-15-25-58)92(127)111(7)80(96(131)109(77)5)46-61-30-20-13-21-31-61/h10,12-15,18-25,28-33,35-40,49,51,57,59,69-77,79-80,98,113-114H,8-9,11,16-17,26-27,34,41-48,50,52-56H2,1-7H3,(H2,97,115)(H,99,121)(H,100,117)(H,101,116)(H,102,118)(H,103,123)(H,104,124)(H,105,125)(H,106,126)(H,107,122)(H,119,120)/t69-,70-,71-,72-,73-,74-,75-,76-,77-,79?,80-/m0/s1. The van der Waals surface area contributed by atoms with E-state index < -0.39 is 193 Å². The number of phenols is 2. The second-order valence-electron chi connectivity index (χ2n) is 34.5. The molecule has 35 nitrogen and oxygen atoms in total. The summed E-state index contributed by atoms with van der Waals surface area (Å²) in [5, 5.41) is 56.8. The number of carboxylic acids is 1. The number of hydrogen-bond acceptors (Lipinski definition) is 19. The van der Waals surface area contributed by atoms with Gasteiger partial charge in [0.05, 0.1) is 31.0 Å². The van der Waals surface area contributed by atoms with Gasteiger partial charge in [-0.3, -0.25) is 76.7 Å². The van der Waals surface area contributed by atoms with E-state index in [1.807, 2.05) is 6.92 Å². The molecule has 11 atom stereocenters. The second-order valence-corrected chi connectivity index (χ2v) is 35.5. The predicted molar refractivity (Wildman–Crippen MR) is 493 cm³/mol. The number of amides is 15. The monoisotopic (exact) mass is 1830 g/mol. The molecule has 10 rings (SSSR count). The Morgan fingerprint density at radius 1 is 0.508 bits per heavy atom. The van der Waals surface area contributed by atoms with E-state index in [9.17, 15) is 44.1 Å². The molecule has 704 valence electrons. The van der Waals surface area contributed by atoms with E-state index in [1.54, 1.807) is 135 Å². The molecule has 1 unspecified atom stereocenters. The van der Waals surface area contributed by atoms with Crippen molar-refractivity contribution in [1.29, 1.82) is 0 Å². The lowest BCUT2D eigenvalue weighted by Gasteiger charge is -2.37. The number of aromatic nitrogens is 1. The maximum atomic E-state index is 15.6. The SMILES string of the molecule is CCCC[C@H]1C(=O)N(C)CC(=O)N[C@@H](CC(=O)O)C(=O)N[C@@H](CC2CCCCC2)C(=O)N(C)C(Cc2ccccc2)C(=O)N[C@H]2Cc3ccc(O)cc3N(CC(=O)N[C@@H](Cc3c[nH]c4ccccc34)C(=O)N[C@@H](Cc3ccc(O)cc3)C(=O)N[C@@H](CC(C)C)C(=O)N[C@H](C(=O)NCC(N)=O)CSCC(=O)N[C@@H](Cc3ccccc3)C(=O)N(C)[C@@H](Cc3ccccc3)C(=O)N1C)C2=O. The lowest BCUT2D eigenvalue weighted by molar-refractivity contribution is -0.151. The van der Waals surface area contributed by atoms with Crippen LogP contribution in [0.4, 0.5) is 5.69 Å². The van der Waals surface area contributed by atoms with Crippen LogP contribution in [-0.2, 0) is 115 Å². The van der Waals surface area contributed by atoms with Crippen LogP contribution in [-0.4, -0.2) is 260 Å². The molecular weight excluding hydrogens is 1710 g/mol. The van der Waals surface area contributed by atoms with Crippen molar-refractivity contribution in [2.24, 2.45) is 17.6 Å². The zero-order chi connectivity index (χ0) is 95.4. The number of nitrogens with one attached hydrogen (secondary N) is 10. The molecule has 15 N–H and O–H groups in total. The van der Waals surface area contributed by atoms with Gasteiger partial charge in [-0.15, -0.1) is 11.8 Å². The normalized spacial score (nSPS) is 22.7. The third-order valence-electron chi connectivity index (χ3n) is 24.0. The number of fused-ring (bicyclic) bond motifs is 5. The first-order valence-corrected chi connectivity index (χ1v) is 45.7. The van der Waals surface area contributed by atoms with E-state index in [0.29, 0.717) is 70.0 Å². The number of hydrogen-bond donors (Lipinski definition) is 14. The van der Waals surface area contributed by atoms with Gasteiger partial charge in [0.15, 0.2) is 0 Å². The molecule has 2 fully saturated rings. The molecule has 0 spiro atoms. The number of carbonyl (C=O) groups is 16. The topological polar surface area (TPSA) is 500 Å². The van der Waals surface area contributed by atoms with Crippen LogP contribution in [0.1, 0.15) is 125 Å². The first-order chi connectivity index (χ1) is 63.1. The number of carboxylic acid groups (broad SMARTS) is 1. The van der Waals surface area contributed by atoms with Crippen LogP contribution in [0, 0.1) is 11.8 Å². The number of thioether (sulfide) groups is 1. The highest BCUT2D eigenvalue weighted by molar-refractivity contribution is 8.00. The zero-order valence-electron chi connectivity index (χ0n) is 75.2. The summed E-state index contributed by atoms with van der Waals surface area (Å²) in [4.78, 5) is 246. The zero-order valence-corrected chi connectivity index (χ0v) is 76.1. The van der Waals surface area contributed by atoms with Gasteiger partial charge in [-0.2, -0.15) is 0 Å². The van der Waals surface area contributed by atoms with Gasteiger partial charge in [-0.25, -0.2) is 0 Å². The first kappa shape index (κ1) is 100. The number of phenolic OH excluding ortho intramolecular Hbond substituents is 2. The van der Waals surface area contributed by atoms with Gasteiger partial charge < -0.3 is 98.4 Å². The number of aromatic amines is 1. The van der Waals surface area contributed by atoms with Crippen LogP contribution in [0.2, 0.25) is 0 Å². The van der Waals surface area contributed by atoms with Crippen LogP contribution < -0.4 is 58.5 Å². The number of aliphatic carboxylic acids is 1. The number of benzene rings is 6. The Bertz CT molecular complexity index is 5250. The number of aromatic hydroxyl groups is 2. The lowest BCUT2D eigenvalue weighted by Crippen LogP contribution is -2.61. The van der Waals surface area contributed by atoms with Crippen molar-refractivity contribution in [3.05, 3.63) is 197 Å². The van der Waals surface area contributed by atoms with Gasteiger partial charge in [-0.1, -0.05) is 193 Å². The number of rotatable bonds is 22. The Morgan fingerprint density at radius 2 is 1.03 bits per heavy atom. The molecule has 6 aromatic carbocycles. The number of unbranched alkanes of at least 4 members (excludes halogenated alkanes) is 1. The summed E-state index contributed by atoms with van der Waals surface area (Å²) in [7, 11) is 5.38. The van der Waals surface area contributed by atoms with E-state index in [2.05, 4.69) is 52.8 Å². The molecule has 7 aromatic rings. The molecule has 2 aliphatic heterocycles. The maximum Gasteiger partial charge on any atom is 0.305 e. The van der Waals surface area contributed by atoms with E-state index in [1.165, 1.54) is 80.5 Å². The lowest BCUT2D eigenvalue weighted by atomic mass is 9.84. The molecular formula is C96H120N16O19S. The Hall–Kier alpha value is -13.7. The van der Waals surface area contributed by atoms with Gasteiger partial charge in [0.2, 0.25) is 88.6 Å². The quantitative estimate of drug-likeness (QED) is 0.0461. The van der Waals surface area contributed by atoms with Crippen molar-refractivity contribution in [3.8, 4) is 11.5 Å². The molecule has 2 bridgehead atoms. The Kier molecular flexibility index (Phi) is 36.8. The van der Waals surface area contributed by atoms with Gasteiger partial charge >= 0.3 is 5.97 Å². The summed E-state index contributed by atoms with van der Waals surface area (Å²) in [6.45, 7) is 3.00. The number of H-pyrrole nitrogens is 1. The molecule has 1 aliphatic carbocycles. The smallest absolute Gasteiger partial charge is 0.305 e. The Morgan fingerprint density at radius 3 is 1.66 bits per heavy atom. The third-order valence-corrected chi connectivity index (χ3v) is 25.0.